The number of aromatic nitrogens is 2. The third kappa shape index (κ3) is 4.18. The predicted octanol–water partition coefficient (Wildman–Crippen LogP) is 1.72. The first-order valence-electron chi connectivity index (χ1n) is 9.75. The zero-order valence-electron chi connectivity index (χ0n) is 17.4. The summed E-state index contributed by atoms with van der Waals surface area (Å²) >= 11 is 0. The number of guanidine groups is 1. The number of aryl methyl sites for hydroxylation is 2. The molecule has 3 rings (SSSR count). The summed E-state index contributed by atoms with van der Waals surface area (Å²) in [6.07, 6.45) is 1.76. The van der Waals surface area contributed by atoms with Crippen LogP contribution in [0.5, 0.6) is 0 Å². The summed E-state index contributed by atoms with van der Waals surface area (Å²) < 4.78 is 1.91. The van der Waals surface area contributed by atoms with E-state index in [4.69, 9.17) is 0 Å². The van der Waals surface area contributed by atoms with E-state index >= 15 is 0 Å². The van der Waals surface area contributed by atoms with E-state index in [2.05, 4.69) is 40.6 Å². The van der Waals surface area contributed by atoms with Crippen molar-refractivity contribution in [3.8, 4) is 0 Å². The summed E-state index contributed by atoms with van der Waals surface area (Å²) in [4.78, 5) is 18.8. The minimum Gasteiger partial charge on any atom is -0.354 e. The number of anilines is 1. The number of nitrogens with zero attached hydrogens (tertiary/aromatic N) is 4. The third-order valence-electron chi connectivity index (χ3n) is 5.37. The van der Waals surface area contributed by atoms with E-state index in [0.717, 1.165) is 30.8 Å². The molecule has 7 nitrogen and oxygen atoms in total. The molecule has 0 saturated carbocycles. The van der Waals surface area contributed by atoms with Gasteiger partial charge in [-0.2, -0.15) is 5.10 Å². The smallest absolute Gasteiger partial charge is 0.246 e. The molecule has 0 saturated heterocycles. The monoisotopic (exact) mass is 382 g/mol. The first-order valence-corrected chi connectivity index (χ1v) is 9.75. The fourth-order valence-corrected chi connectivity index (χ4v) is 3.75. The average Bonchev–Trinajstić information content (AvgIpc) is 3.21. The van der Waals surface area contributed by atoms with Gasteiger partial charge >= 0.3 is 0 Å². The number of para-hydroxylation sites is 1. The van der Waals surface area contributed by atoms with Crippen LogP contribution in [0.25, 0.3) is 0 Å². The molecule has 0 bridgehead atoms. The van der Waals surface area contributed by atoms with Crippen molar-refractivity contribution in [2.45, 2.75) is 39.7 Å². The molecule has 1 amide bonds. The Morgan fingerprint density at radius 2 is 2.07 bits per heavy atom. The number of amides is 1. The fourth-order valence-electron chi connectivity index (χ4n) is 3.75. The van der Waals surface area contributed by atoms with E-state index in [-0.39, 0.29) is 18.5 Å². The highest BCUT2D eigenvalue weighted by Gasteiger charge is 2.24. The average molecular weight is 383 g/mol. The molecular weight excluding hydrogens is 352 g/mol. The lowest BCUT2D eigenvalue weighted by atomic mass is 10.1. The minimum absolute atomic E-state index is 0.0551. The van der Waals surface area contributed by atoms with Gasteiger partial charge in [-0.3, -0.25) is 14.5 Å². The second-order valence-corrected chi connectivity index (χ2v) is 7.37. The number of hydrogen-bond donors (Lipinski definition) is 2. The SMILES string of the molecule is CN=C(NCC(=O)N1CCc2ccccc21)NC(C)Cc1c(C)nn(C)c1C. The summed E-state index contributed by atoms with van der Waals surface area (Å²) in [7, 11) is 3.69. The molecule has 2 N–H and O–H groups in total. The van der Waals surface area contributed by atoms with Gasteiger partial charge in [0.05, 0.1) is 12.2 Å². The van der Waals surface area contributed by atoms with Gasteiger partial charge in [0.1, 0.15) is 0 Å². The lowest BCUT2D eigenvalue weighted by Gasteiger charge is -2.21. The zero-order valence-corrected chi connectivity index (χ0v) is 17.4. The fraction of sp³-hybridized carbons (Fsp3) is 0.476. The minimum atomic E-state index is 0.0551. The van der Waals surface area contributed by atoms with Crippen molar-refractivity contribution in [1.82, 2.24) is 20.4 Å². The first kappa shape index (κ1) is 19.9. The van der Waals surface area contributed by atoms with Crippen LogP contribution in [0.2, 0.25) is 0 Å². The van der Waals surface area contributed by atoms with Gasteiger partial charge in [-0.05, 0) is 50.8 Å². The third-order valence-corrected chi connectivity index (χ3v) is 5.37. The van der Waals surface area contributed by atoms with Crippen LogP contribution in [0.4, 0.5) is 5.69 Å². The van der Waals surface area contributed by atoms with E-state index in [1.807, 2.05) is 41.8 Å². The van der Waals surface area contributed by atoms with Gasteiger partial charge in [0.15, 0.2) is 5.96 Å². The summed E-state index contributed by atoms with van der Waals surface area (Å²) in [5.74, 6) is 0.687. The molecule has 28 heavy (non-hydrogen) atoms. The van der Waals surface area contributed by atoms with Gasteiger partial charge in [0.25, 0.3) is 0 Å². The highest BCUT2D eigenvalue weighted by atomic mass is 16.2. The van der Waals surface area contributed by atoms with Crippen LogP contribution >= 0.6 is 0 Å². The molecule has 1 unspecified atom stereocenters. The van der Waals surface area contributed by atoms with Crippen molar-refractivity contribution in [2.24, 2.45) is 12.0 Å². The van der Waals surface area contributed by atoms with Crippen molar-refractivity contribution >= 4 is 17.6 Å². The molecule has 0 aliphatic carbocycles. The van der Waals surface area contributed by atoms with Crippen molar-refractivity contribution in [3.05, 3.63) is 46.8 Å². The molecule has 1 aliphatic rings. The van der Waals surface area contributed by atoms with Gasteiger partial charge in [0, 0.05) is 38.1 Å². The van der Waals surface area contributed by atoms with E-state index < -0.39 is 0 Å². The highest BCUT2D eigenvalue weighted by Crippen LogP contribution is 2.27. The van der Waals surface area contributed by atoms with Crippen LogP contribution in [-0.2, 0) is 24.7 Å². The Labute approximate surface area is 166 Å². The number of hydrogen-bond acceptors (Lipinski definition) is 3. The van der Waals surface area contributed by atoms with E-state index in [9.17, 15) is 4.79 Å². The summed E-state index contributed by atoms with van der Waals surface area (Å²) in [5, 5.41) is 11.0. The Kier molecular flexibility index (Phi) is 6.02. The van der Waals surface area contributed by atoms with Crippen LogP contribution in [-0.4, -0.2) is 47.8 Å². The molecule has 1 aliphatic heterocycles. The van der Waals surface area contributed by atoms with Crippen molar-refractivity contribution < 1.29 is 4.79 Å². The molecule has 1 aromatic carbocycles. The molecular formula is C21H30N6O. The maximum Gasteiger partial charge on any atom is 0.246 e. The Morgan fingerprint density at radius 1 is 1.32 bits per heavy atom. The van der Waals surface area contributed by atoms with Crippen LogP contribution < -0.4 is 15.5 Å². The number of fused-ring (bicyclic) bond motifs is 1. The van der Waals surface area contributed by atoms with Gasteiger partial charge in [-0.1, -0.05) is 18.2 Å². The lowest BCUT2D eigenvalue weighted by Crippen LogP contribution is -2.47. The topological polar surface area (TPSA) is 74.6 Å². The summed E-state index contributed by atoms with van der Waals surface area (Å²) in [6, 6.07) is 8.25. The molecule has 1 atom stereocenters. The van der Waals surface area contributed by atoms with E-state index in [0.29, 0.717) is 5.96 Å². The normalized spacial score (nSPS) is 14.8. The van der Waals surface area contributed by atoms with Crippen LogP contribution in [0.3, 0.4) is 0 Å². The number of carbonyl (C=O) groups excluding carboxylic acids is 1. The quantitative estimate of drug-likeness (QED) is 0.610. The number of nitrogens with one attached hydrogen (secondary N) is 2. The Morgan fingerprint density at radius 3 is 2.75 bits per heavy atom. The first-order chi connectivity index (χ1) is 13.4. The Hall–Kier alpha value is -2.83. The largest absolute Gasteiger partial charge is 0.354 e. The van der Waals surface area contributed by atoms with Crippen LogP contribution in [0.1, 0.15) is 29.4 Å². The summed E-state index contributed by atoms with van der Waals surface area (Å²) in [6.45, 7) is 7.18. The van der Waals surface area contributed by atoms with E-state index in [1.165, 1.54) is 16.8 Å². The van der Waals surface area contributed by atoms with Gasteiger partial charge < -0.3 is 15.5 Å². The number of benzene rings is 1. The molecule has 150 valence electrons. The zero-order chi connectivity index (χ0) is 20.3. The molecule has 0 radical (unpaired) electrons. The number of aliphatic imine (C=N–C) groups is 1. The number of carbonyl (C=O) groups is 1. The van der Waals surface area contributed by atoms with Crippen LogP contribution in [0, 0.1) is 13.8 Å². The second kappa shape index (κ2) is 8.46. The van der Waals surface area contributed by atoms with Crippen molar-refractivity contribution in [1.29, 1.82) is 0 Å². The molecule has 2 aromatic rings. The second-order valence-electron chi connectivity index (χ2n) is 7.37. The number of rotatable bonds is 5. The molecule has 0 spiro atoms. The predicted molar refractivity (Wildman–Crippen MR) is 113 cm³/mol. The van der Waals surface area contributed by atoms with Crippen LogP contribution in [0.15, 0.2) is 29.3 Å². The molecule has 7 heteroatoms. The Balaban J connectivity index is 1.54. The molecule has 0 fully saturated rings. The molecule has 1 aromatic heterocycles. The van der Waals surface area contributed by atoms with Crippen molar-refractivity contribution in [3.63, 3.8) is 0 Å². The Bertz CT molecular complexity index is 885. The standard InChI is InChI=1S/C21H30N6O/c1-14(12-18-15(2)25-26(5)16(18)3)24-21(22-4)23-13-20(28)27-11-10-17-8-6-7-9-19(17)27/h6-9,14H,10-13H2,1-5H3,(H2,22,23,24). The van der Waals surface area contributed by atoms with Crippen molar-refractivity contribution in [2.75, 3.05) is 25.0 Å². The van der Waals surface area contributed by atoms with Gasteiger partial charge in [-0.25, -0.2) is 0 Å². The maximum atomic E-state index is 12.7. The van der Waals surface area contributed by atoms with Gasteiger partial charge in [-0.15, -0.1) is 0 Å². The maximum absolute atomic E-state index is 12.7. The summed E-state index contributed by atoms with van der Waals surface area (Å²) in [5.41, 5.74) is 5.74. The van der Waals surface area contributed by atoms with E-state index in [1.54, 1.807) is 7.05 Å². The highest BCUT2D eigenvalue weighted by molar-refractivity contribution is 5.98. The lowest BCUT2D eigenvalue weighted by molar-refractivity contribution is -0.117. The molecule has 2 heterocycles. The van der Waals surface area contributed by atoms with Gasteiger partial charge in [0.2, 0.25) is 5.91 Å².